The van der Waals surface area contributed by atoms with Crippen molar-refractivity contribution in [3.8, 4) is 0 Å². The first kappa shape index (κ1) is 31.3. The van der Waals surface area contributed by atoms with E-state index in [9.17, 15) is 0 Å². The summed E-state index contributed by atoms with van der Waals surface area (Å²) in [6, 6.07) is 73.9. The van der Waals surface area contributed by atoms with Crippen molar-refractivity contribution < 1.29 is 0 Å². The van der Waals surface area contributed by atoms with E-state index < -0.39 is 7.26 Å². The Morgan fingerprint density at radius 3 is 0.958 bits per heavy atom. The molecular formula is C47H41P. The van der Waals surface area contributed by atoms with Crippen molar-refractivity contribution >= 4 is 34.3 Å². The molecule has 0 nitrogen and oxygen atoms in total. The minimum atomic E-state index is -2.42. The summed E-state index contributed by atoms with van der Waals surface area (Å²) in [4.78, 5) is 0. The molecule has 7 rings (SSSR count). The molecular weight excluding hydrogens is 595 g/mol. The van der Waals surface area contributed by atoms with E-state index in [0.29, 0.717) is 0 Å². The van der Waals surface area contributed by atoms with Gasteiger partial charge in [-0.2, -0.15) is 0 Å². The molecule has 7 aromatic rings. The SMILES string of the molecule is CCc1ccc(C(=C(c2ccccc2)c2ccc(C[PH](c3ccccc3)(c3ccccc3)c3ccccc3)cc2)c2ccccc2)cc1. The second-order valence-corrected chi connectivity index (χ2v) is 16.3. The average molecular weight is 637 g/mol. The predicted octanol–water partition coefficient (Wildman–Crippen LogP) is 10.5. The molecule has 0 aliphatic heterocycles. The zero-order chi connectivity index (χ0) is 32.6. The maximum atomic E-state index is 2.37. The first-order valence-electron chi connectivity index (χ1n) is 17.0. The van der Waals surface area contributed by atoms with E-state index in [2.05, 4.69) is 207 Å². The van der Waals surface area contributed by atoms with Gasteiger partial charge < -0.3 is 0 Å². The van der Waals surface area contributed by atoms with Gasteiger partial charge in [-0.1, -0.05) is 6.92 Å². The molecule has 0 fully saturated rings. The Hall–Kier alpha value is -5.29. The van der Waals surface area contributed by atoms with Gasteiger partial charge in [0.15, 0.2) is 0 Å². The minimum absolute atomic E-state index is 0.972. The molecule has 7 aromatic carbocycles. The Morgan fingerprint density at radius 2 is 0.625 bits per heavy atom. The molecule has 0 aliphatic rings. The summed E-state index contributed by atoms with van der Waals surface area (Å²) < 4.78 is 0. The number of benzene rings is 7. The Bertz CT molecular complexity index is 1970. The molecule has 0 N–H and O–H groups in total. The second-order valence-electron chi connectivity index (χ2n) is 12.4. The number of hydrogen-bond donors (Lipinski definition) is 0. The maximum absolute atomic E-state index is 2.42. The second kappa shape index (κ2) is 14.6. The molecule has 0 radical (unpaired) electrons. The molecule has 234 valence electrons. The van der Waals surface area contributed by atoms with Crippen LogP contribution in [-0.2, 0) is 12.6 Å². The van der Waals surface area contributed by atoms with E-state index in [1.807, 2.05) is 0 Å². The van der Waals surface area contributed by atoms with Gasteiger partial charge in [-0.05, 0) is 0 Å². The summed E-state index contributed by atoms with van der Waals surface area (Å²) in [6.07, 6.45) is 2.00. The van der Waals surface area contributed by atoms with Crippen molar-refractivity contribution in [1.82, 2.24) is 0 Å². The molecule has 0 saturated carbocycles. The first-order chi connectivity index (χ1) is 23.8. The summed E-state index contributed by atoms with van der Waals surface area (Å²) in [7, 11) is -2.42. The van der Waals surface area contributed by atoms with E-state index in [1.54, 1.807) is 0 Å². The molecule has 0 amide bonds. The third-order valence-electron chi connectivity index (χ3n) is 9.54. The van der Waals surface area contributed by atoms with Gasteiger partial charge in [-0.25, -0.2) is 0 Å². The van der Waals surface area contributed by atoms with Gasteiger partial charge in [0.2, 0.25) is 0 Å². The Labute approximate surface area is 286 Å². The van der Waals surface area contributed by atoms with Crippen LogP contribution in [0.3, 0.4) is 0 Å². The summed E-state index contributed by atoms with van der Waals surface area (Å²) in [5, 5.41) is 4.29. The van der Waals surface area contributed by atoms with Gasteiger partial charge in [-0.15, -0.1) is 0 Å². The quantitative estimate of drug-likeness (QED) is 0.104. The van der Waals surface area contributed by atoms with Crippen molar-refractivity contribution in [3.63, 3.8) is 0 Å². The number of hydrogen-bond acceptors (Lipinski definition) is 0. The van der Waals surface area contributed by atoms with Gasteiger partial charge in [-0.3, -0.25) is 0 Å². The summed E-state index contributed by atoms with van der Waals surface area (Å²) >= 11 is 0. The van der Waals surface area contributed by atoms with Gasteiger partial charge in [0, 0.05) is 0 Å². The first-order valence-corrected chi connectivity index (χ1v) is 19.2. The Balaban J connectivity index is 1.40. The Kier molecular flexibility index (Phi) is 9.55. The zero-order valence-corrected chi connectivity index (χ0v) is 28.5. The normalized spacial score (nSPS) is 12.3. The van der Waals surface area contributed by atoms with E-state index >= 15 is 0 Å². The standard InChI is InChI=1S/C47H41P/c1-2-37-28-32-41(33-29-37)46(39-18-8-3-9-19-39)47(40-20-10-4-11-21-40)42-34-30-38(31-35-42)36-48(43-22-12-5-13-23-43,44-24-14-6-15-25-44)45-26-16-7-17-27-45/h3-35,48H,2,36H2,1H3. The van der Waals surface area contributed by atoms with Crippen molar-refractivity contribution in [3.05, 3.63) is 234 Å². The molecule has 0 atom stereocenters. The van der Waals surface area contributed by atoms with Crippen LogP contribution in [-0.4, -0.2) is 0 Å². The topological polar surface area (TPSA) is 0 Å². The van der Waals surface area contributed by atoms with E-state index in [4.69, 9.17) is 0 Å². The third kappa shape index (κ3) is 6.46. The van der Waals surface area contributed by atoms with Gasteiger partial charge >= 0.3 is 280 Å². The third-order valence-corrected chi connectivity index (χ3v) is 14.4. The van der Waals surface area contributed by atoms with Crippen LogP contribution in [0, 0.1) is 0 Å². The van der Waals surface area contributed by atoms with Crippen LogP contribution in [0.4, 0.5) is 0 Å². The van der Waals surface area contributed by atoms with Crippen LogP contribution in [0.1, 0.15) is 40.3 Å². The molecule has 0 aromatic heterocycles. The molecule has 0 unspecified atom stereocenters. The fraction of sp³-hybridized carbons (Fsp3) is 0.0638. The summed E-state index contributed by atoms with van der Waals surface area (Å²) in [5.41, 5.74) is 10.1. The van der Waals surface area contributed by atoms with Crippen molar-refractivity contribution in [2.24, 2.45) is 0 Å². The molecule has 1 heteroatoms. The molecule has 0 bridgehead atoms. The molecule has 0 saturated heterocycles. The van der Waals surface area contributed by atoms with E-state index in [0.717, 1.165) is 12.6 Å². The fourth-order valence-electron chi connectivity index (χ4n) is 7.10. The number of aryl methyl sites for hydroxylation is 1. The van der Waals surface area contributed by atoms with Crippen molar-refractivity contribution in [2.45, 2.75) is 19.5 Å². The van der Waals surface area contributed by atoms with Crippen LogP contribution in [0.15, 0.2) is 200 Å². The van der Waals surface area contributed by atoms with Crippen LogP contribution in [0.2, 0.25) is 0 Å². The molecule has 48 heavy (non-hydrogen) atoms. The van der Waals surface area contributed by atoms with Crippen molar-refractivity contribution in [2.75, 3.05) is 0 Å². The van der Waals surface area contributed by atoms with Crippen molar-refractivity contribution in [1.29, 1.82) is 0 Å². The fourth-order valence-corrected chi connectivity index (χ4v) is 11.8. The van der Waals surface area contributed by atoms with Crippen LogP contribution in [0.25, 0.3) is 11.1 Å². The molecule has 0 heterocycles. The van der Waals surface area contributed by atoms with E-state index in [1.165, 1.54) is 60.4 Å². The average Bonchev–Trinajstić information content (AvgIpc) is 3.18. The molecule has 0 aliphatic carbocycles. The zero-order valence-electron chi connectivity index (χ0n) is 27.5. The summed E-state index contributed by atoms with van der Waals surface area (Å²) in [6.45, 7) is 2.21. The number of rotatable bonds is 10. The van der Waals surface area contributed by atoms with Crippen LogP contribution in [0.5, 0.6) is 0 Å². The van der Waals surface area contributed by atoms with E-state index in [-0.39, 0.29) is 0 Å². The predicted molar refractivity (Wildman–Crippen MR) is 210 cm³/mol. The monoisotopic (exact) mass is 636 g/mol. The molecule has 0 spiro atoms. The summed E-state index contributed by atoms with van der Waals surface area (Å²) in [5.74, 6) is 0. The van der Waals surface area contributed by atoms with Gasteiger partial charge in [0.05, 0.1) is 0 Å². The van der Waals surface area contributed by atoms with Gasteiger partial charge in [0.1, 0.15) is 0 Å². The van der Waals surface area contributed by atoms with Crippen LogP contribution >= 0.6 is 7.26 Å². The van der Waals surface area contributed by atoms with Gasteiger partial charge in [0.25, 0.3) is 0 Å². The van der Waals surface area contributed by atoms with Crippen LogP contribution < -0.4 is 15.9 Å². The Morgan fingerprint density at radius 1 is 0.333 bits per heavy atom.